The van der Waals surface area contributed by atoms with Crippen molar-refractivity contribution >= 4 is 0 Å². The molecule has 10 heavy (non-hydrogen) atoms. The van der Waals surface area contributed by atoms with Gasteiger partial charge in [0.2, 0.25) is 0 Å². The van der Waals surface area contributed by atoms with Gasteiger partial charge in [0.25, 0.3) is 0 Å². The van der Waals surface area contributed by atoms with Gasteiger partial charge in [0.15, 0.2) is 0 Å². The van der Waals surface area contributed by atoms with Gasteiger partial charge in [-0.1, -0.05) is 0 Å². The Bertz CT molecular complexity index is 286. The molecule has 0 atom stereocenters. The number of hydrogen-bond acceptors (Lipinski definition) is 1. The van der Waals surface area contributed by atoms with E-state index in [0.717, 1.165) is 0 Å². The molecule has 1 rings (SSSR count). The molecular weight excluding hydrogens is 129 g/mol. The van der Waals surface area contributed by atoms with Crippen molar-refractivity contribution in [2.45, 2.75) is 0 Å². The van der Waals surface area contributed by atoms with E-state index < -0.39 is 0 Å². The molecule has 0 heterocycles. The highest BCUT2D eigenvalue weighted by molar-refractivity contribution is 5.34. The van der Waals surface area contributed by atoms with E-state index in [0.29, 0.717) is 5.56 Å². The highest BCUT2D eigenvalue weighted by atomic mass is 19.1. The molecule has 1 aromatic carbocycles. The van der Waals surface area contributed by atoms with Crippen LogP contribution >= 0.6 is 0 Å². The third kappa shape index (κ3) is 1.14. The number of nitriles is 1. The average molecular weight is 134 g/mol. The lowest BCUT2D eigenvalue weighted by Crippen LogP contribution is -1.82. The fourth-order valence-corrected chi connectivity index (χ4v) is 0.644. The first-order valence-electron chi connectivity index (χ1n) is 2.75. The van der Waals surface area contributed by atoms with Crippen molar-refractivity contribution in [3.05, 3.63) is 42.1 Å². The third-order valence-electron chi connectivity index (χ3n) is 1.17. The van der Waals surface area contributed by atoms with Crippen molar-refractivity contribution < 1.29 is 4.39 Å². The minimum Gasteiger partial charge on any atom is -0.207 e. The fraction of sp³-hybridized carbons (Fsp3) is 0. The molecule has 49 valence electrons. The van der Waals surface area contributed by atoms with E-state index in [4.69, 9.17) is 5.26 Å². The van der Waals surface area contributed by atoms with Crippen LogP contribution in [0.5, 0.6) is 0 Å². The van der Waals surface area contributed by atoms with Gasteiger partial charge in [-0.05, 0) is 30.7 Å². The van der Waals surface area contributed by atoms with Crippen molar-refractivity contribution in [3.8, 4) is 6.07 Å². The van der Waals surface area contributed by atoms with E-state index in [1.54, 1.807) is 0 Å². The maximum Gasteiger partial charge on any atom is 0.126 e. The number of hydrogen-bond donors (Lipinski definition) is 0. The van der Waals surface area contributed by atoms with Crippen LogP contribution in [0.1, 0.15) is 11.1 Å². The molecule has 2 heteroatoms. The fourth-order valence-electron chi connectivity index (χ4n) is 0.644. The standard InChI is InChI=1S/C8H5FN/c1-6-4-7(5-10)2-3-8(6)9/h2-4H,1H2. The summed E-state index contributed by atoms with van der Waals surface area (Å²) in [6, 6.07) is 5.96. The topological polar surface area (TPSA) is 23.8 Å². The predicted octanol–water partition coefficient (Wildman–Crippen LogP) is 1.88. The molecular formula is C8H5FN. The zero-order valence-corrected chi connectivity index (χ0v) is 5.26. The summed E-state index contributed by atoms with van der Waals surface area (Å²) in [5.41, 5.74) is 0.699. The minimum absolute atomic E-state index is 0.263. The van der Waals surface area contributed by atoms with Gasteiger partial charge in [-0.25, -0.2) is 4.39 Å². The van der Waals surface area contributed by atoms with E-state index in [1.807, 2.05) is 6.07 Å². The molecule has 1 nitrogen and oxygen atoms in total. The Balaban J connectivity index is 3.20. The quantitative estimate of drug-likeness (QED) is 0.531. The van der Waals surface area contributed by atoms with Gasteiger partial charge in [0.1, 0.15) is 5.82 Å². The van der Waals surface area contributed by atoms with Crippen molar-refractivity contribution in [1.29, 1.82) is 5.26 Å². The van der Waals surface area contributed by atoms with Crippen LogP contribution in [-0.4, -0.2) is 0 Å². The Morgan fingerprint density at radius 3 is 2.70 bits per heavy atom. The molecule has 0 aromatic heterocycles. The summed E-state index contributed by atoms with van der Waals surface area (Å²) in [4.78, 5) is 0. The molecule has 0 saturated heterocycles. The van der Waals surface area contributed by atoms with E-state index in [9.17, 15) is 4.39 Å². The lowest BCUT2D eigenvalue weighted by molar-refractivity contribution is 0.622. The Morgan fingerprint density at radius 1 is 1.50 bits per heavy atom. The zero-order chi connectivity index (χ0) is 7.56. The van der Waals surface area contributed by atoms with Crippen LogP contribution in [0.3, 0.4) is 0 Å². The van der Waals surface area contributed by atoms with Crippen molar-refractivity contribution in [2.24, 2.45) is 0 Å². The van der Waals surface area contributed by atoms with Crippen LogP contribution in [0.4, 0.5) is 4.39 Å². The molecule has 0 N–H and O–H groups in total. The Morgan fingerprint density at radius 2 is 2.20 bits per heavy atom. The molecule has 0 amide bonds. The highest BCUT2D eigenvalue weighted by Crippen LogP contribution is 2.07. The molecule has 0 fully saturated rings. The summed E-state index contributed by atoms with van der Waals surface area (Å²) in [6.45, 7) is 3.40. The second-order valence-corrected chi connectivity index (χ2v) is 1.92. The monoisotopic (exact) mass is 134 g/mol. The van der Waals surface area contributed by atoms with Crippen LogP contribution in [-0.2, 0) is 0 Å². The lowest BCUT2D eigenvalue weighted by atomic mass is 10.1. The van der Waals surface area contributed by atoms with Crippen LogP contribution in [0.15, 0.2) is 18.2 Å². The third-order valence-corrected chi connectivity index (χ3v) is 1.17. The van der Waals surface area contributed by atoms with Gasteiger partial charge in [0, 0.05) is 0 Å². The van der Waals surface area contributed by atoms with Crippen LogP contribution in [0.25, 0.3) is 0 Å². The predicted molar refractivity (Wildman–Crippen MR) is 35.6 cm³/mol. The maximum atomic E-state index is 12.5. The van der Waals surface area contributed by atoms with Crippen LogP contribution < -0.4 is 0 Å². The molecule has 1 radical (unpaired) electrons. The van der Waals surface area contributed by atoms with E-state index in [-0.39, 0.29) is 11.4 Å². The number of rotatable bonds is 0. The lowest BCUT2D eigenvalue weighted by Gasteiger charge is -1.93. The van der Waals surface area contributed by atoms with Crippen molar-refractivity contribution in [1.82, 2.24) is 0 Å². The van der Waals surface area contributed by atoms with Crippen molar-refractivity contribution in [2.75, 3.05) is 0 Å². The first-order chi connectivity index (χ1) is 4.74. The molecule has 0 saturated carbocycles. The summed E-state index contributed by atoms with van der Waals surface area (Å²) in [5.74, 6) is -0.376. The van der Waals surface area contributed by atoms with Gasteiger partial charge >= 0.3 is 0 Å². The zero-order valence-electron chi connectivity index (χ0n) is 5.26. The van der Waals surface area contributed by atoms with Crippen LogP contribution in [0.2, 0.25) is 0 Å². The average Bonchev–Trinajstić information content (AvgIpc) is 1.95. The summed E-state index contributed by atoms with van der Waals surface area (Å²) in [7, 11) is 0. The molecule has 1 aromatic rings. The summed E-state index contributed by atoms with van der Waals surface area (Å²) in [6.07, 6.45) is 0. The van der Waals surface area contributed by atoms with Crippen molar-refractivity contribution in [3.63, 3.8) is 0 Å². The first-order valence-corrected chi connectivity index (χ1v) is 2.75. The summed E-state index contributed by atoms with van der Waals surface area (Å²) < 4.78 is 12.5. The first kappa shape index (κ1) is 6.76. The van der Waals surface area contributed by atoms with Gasteiger partial charge in [0.05, 0.1) is 11.6 Å². The Labute approximate surface area is 58.7 Å². The number of benzene rings is 1. The number of nitrogens with zero attached hydrogens (tertiary/aromatic N) is 1. The SMILES string of the molecule is [CH2]c1cc(C#N)ccc1F. The number of halogens is 1. The molecule has 0 aliphatic heterocycles. The largest absolute Gasteiger partial charge is 0.207 e. The maximum absolute atomic E-state index is 12.5. The van der Waals surface area contributed by atoms with Gasteiger partial charge in [-0.2, -0.15) is 5.26 Å². The van der Waals surface area contributed by atoms with Gasteiger partial charge < -0.3 is 0 Å². The Hall–Kier alpha value is -1.36. The molecule has 0 bridgehead atoms. The van der Waals surface area contributed by atoms with E-state index >= 15 is 0 Å². The van der Waals surface area contributed by atoms with E-state index in [1.165, 1.54) is 18.2 Å². The Kier molecular flexibility index (Phi) is 1.68. The molecule has 0 unspecified atom stereocenters. The second-order valence-electron chi connectivity index (χ2n) is 1.92. The normalized spacial score (nSPS) is 8.90. The smallest absolute Gasteiger partial charge is 0.126 e. The minimum atomic E-state index is -0.376. The molecule has 0 spiro atoms. The summed E-state index contributed by atoms with van der Waals surface area (Å²) >= 11 is 0. The van der Waals surface area contributed by atoms with Gasteiger partial charge in [-0.15, -0.1) is 0 Å². The summed E-state index contributed by atoms with van der Waals surface area (Å²) in [5, 5.41) is 8.35. The van der Waals surface area contributed by atoms with Crippen LogP contribution in [0, 0.1) is 24.1 Å². The highest BCUT2D eigenvalue weighted by Gasteiger charge is 1.96. The molecule has 0 aliphatic carbocycles. The van der Waals surface area contributed by atoms with E-state index in [2.05, 4.69) is 6.92 Å². The van der Waals surface area contributed by atoms with Gasteiger partial charge in [-0.3, -0.25) is 0 Å². The molecule has 0 aliphatic rings. The second kappa shape index (κ2) is 2.49.